The second kappa shape index (κ2) is 4.97. The van der Waals surface area contributed by atoms with Gasteiger partial charge in [-0.15, -0.1) is 0 Å². The summed E-state index contributed by atoms with van der Waals surface area (Å²) in [5, 5.41) is -0.179. The molecule has 2 N–H and O–H groups in total. The minimum atomic E-state index is -3.72. The summed E-state index contributed by atoms with van der Waals surface area (Å²) in [5.41, 5.74) is 0.152. The van der Waals surface area contributed by atoms with Gasteiger partial charge in [-0.05, 0) is 12.1 Å². The van der Waals surface area contributed by atoms with Crippen molar-refractivity contribution in [2.24, 2.45) is 0 Å². The van der Waals surface area contributed by atoms with Crippen molar-refractivity contribution < 1.29 is 12.8 Å². The van der Waals surface area contributed by atoms with Gasteiger partial charge in [-0.3, -0.25) is 4.79 Å². The summed E-state index contributed by atoms with van der Waals surface area (Å²) in [6.45, 7) is 0.0928. The fraction of sp³-hybridized carbons (Fsp3) is 0.100. The van der Waals surface area contributed by atoms with Gasteiger partial charge in [-0.1, -0.05) is 11.6 Å². The van der Waals surface area contributed by atoms with Gasteiger partial charge in [0.2, 0.25) is 10.0 Å². The number of halogens is 1. The molecule has 2 aromatic heterocycles. The molecule has 0 radical (unpaired) electrons. The molecule has 0 spiro atoms. The van der Waals surface area contributed by atoms with Gasteiger partial charge in [0.25, 0.3) is 5.56 Å². The van der Waals surface area contributed by atoms with Crippen LogP contribution in [0.4, 0.5) is 0 Å². The van der Waals surface area contributed by atoms with Crippen LogP contribution >= 0.6 is 11.6 Å². The first-order valence-electron chi connectivity index (χ1n) is 4.88. The lowest BCUT2D eigenvalue weighted by Gasteiger charge is -2.05. The van der Waals surface area contributed by atoms with Crippen LogP contribution in [0.5, 0.6) is 0 Å². The van der Waals surface area contributed by atoms with Crippen LogP contribution in [-0.2, 0) is 16.6 Å². The normalized spacial score (nSPS) is 11.6. The highest BCUT2D eigenvalue weighted by Gasteiger charge is 2.15. The monoisotopic (exact) mass is 288 g/mol. The van der Waals surface area contributed by atoms with E-state index in [1.54, 1.807) is 6.07 Å². The van der Waals surface area contributed by atoms with Gasteiger partial charge < -0.3 is 9.40 Å². The number of sulfonamides is 1. The topological polar surface area (TPSA) is 92.2 Å². The highest BCUT2D eigenvalue weighted by molar-refractivity contribution is 7.89. The van der Waals surface area contributed by atoms with Crippen LogP contribution < -0.4 is 10.3 Å². The lowest BCUT2D eigenvalue weighted by molar-refractivity contribution is 0.561. The van der Waals surface area contributed by atoms with Crippen LogP contribution in [-0.4, -0.2) is 13.4 Å². The molecule has 96 valence electrons. The number of hydrogen-bond donors (Lipinski definition) is 2. The molecule has 0 unspecified atom stereocenters. The molecule has 0 saturated heterocycles. The Morgan fingerprint density at radius 3 is 2.83 bits per heavy atom. The maximum Gasteiger partial charge on any atom is 0.266 e. The van der Waals surface area contributed by atoms with Gasteiger partial charge in [0, 0.05) is 18.3 Å². The number of rotatable bonds is 4. The third kappa shape index (κ3) is 2.81. The van der Waals surface area contributed by atoms with Gasteiger partial charge in [0.05, 0.1) is 17.4 Å². The van der Waals surface area contributed by atoms with Crippen molar-refractivity contribution in [2.75, 3.05) is 0 Å². The van der Waals surface area contributed by atoms with Gasteiger partial charge in [0.15, 0.2) is 0 Å². The summed E-state index contributed by atoms with van der Waals surface area (Å²) >= 11 is 5.57. The fourth-order valence-corrected chi connectivity index (χ4v) is 2.50. The van der Waals surface area contributed by atoms with E-state index in [4.69, 9.17) is 16.0 Å². The number of aromatic nitrogens is 1. The van der Waals surface area contributed by atoms with E-state index in [1.807, 2.05) is 0 Å². The smallest absolute Gasteiger partial charge is 0.266 e. The van der Waals surface area contributed by atoms with E-state index < -0.39 is 15.6 Å². The first-order chi connectivity index (χ1) is 8.49. The van der Waals surface area contributed by atoms with Crippen LogP contribution in [0.3, 0.4) is 0 Å². The highest BCUT2D eigenvalue weighted by atomic mass is 35.5. The third-order valence-corrected chi connectivity index (χ3v) is 3.85. The molecule has 0 saturated carbocycles. The summed E-state index contributed by atoms with van der Waals surface area (Å²) in [5.74, 6) is 0. The van der Waals surface area contributed by atoms with Crippen molar-refractivity contribution in [2.45, 2.75) is 11.4 Å². The summed E-state index contributed by atoms with van der Waals surface area (Å²) in [6, 6.07) is 2.74. The van der Waals surface area contributed by atoms with Crippen LogP contribution in [0, 0.1) is 0 Å². The van der Waals surface area contributed by atoms with Crippen molar-refractivity contribution in [3.05, 3.63) is 51.8 Å². The number of pyridine rings is 1. The Kier molecular flexibility index (Phi) is 3.55. The van der Waals surface area contributed by atoms with E-state index in [9.17, 15) is 13.2 Å². The van der Waals surface area contributed by atoms with Gasteiger partial charge in [0.1, 0.15) is 5.02 Å². The van der Waals surface area contributed by atoms with Crippen LogP contribution in [0.2, 0.25) is 5.02 Å². The maximum atomic E-state index is 11.9. The zero-order valence-corrected chi connectivity index (χ0v) is 10.6. The number of H-pyrrole nitrogens is 1. The van der Waals surface area contributed by atoms with Crippen molar-refractivity contribution in [3.63, 3.8) is 0 Å². The van der Waals surface area contributed by atoms with E-state index in [-0.39, 0.29) is 16.5 Å². The van der Waals surface area contributed by atoms with Crippen LogP contribution in [0.25, 0.3) is 0 Å². The second-order valence-corrected chi connectivity index (χ2v) is 5.64. The van der Waals surface area contributed by atoms with Crippen LogP contribution in [0.15, 0.2) is 45.0 Å². The first kappa shape index (κ1) is 12.9. The lowest BCUT2D eigenvalue weighted by Crippen LogP contribution is -2.24. The fourth-order valence-electron chi connectivity index (χ4n) is 1.25. The molecule has 0 atom stereocenters. The molecule has 0 fully saturated rings. The van der Waals surface area contributed by atoms with E-state index in [1.165, 1.54) is 12.5 Å². The van der Waals surface area contributed by atoms with Crippen molar-refractivity contribution in [1.29, 1.82) is 0 Å². The Morgan fingerprint density at radius 2 is 2.22 bits per heavy atom. The molecule has 0 aliphatic rings. The summed E-state index contributed by atoms with van der Waals surface area (Å²) in [4.78, 5) is 13.2. The number of furan rings is 1. The average molecular weight is 289 g/mol. The molecule has 0 aromatic carbocycles. The van der Waals surface area contributed by atoms with Crippen LogP contribution in [0.1, 0.15) is 5.56 Å². The van der Waals surface area contributed by atoms with E-state index in [2.05, 4.69) is 9.71 Å². The first-order valence-corrected chi connectivity index (χ1v) is 6.74. The van der Waals surface area contributed by atoms with E-state index in [0.717, 1.165) is 12.3 Å². The predicted molar refractivity (Wildman–Crippen MR) is 64.8 cm³/mol. The summed E-state index contributed by atoms with van der Waals surface area (Å²) in [7, 11) is -3.72. The Hall–Kier alpha value is -1.57. The van der Waals surface area contributed by atoms with E-state index >= 15 is 0 Å². The second-order valence-electron chi connectivity index (χ2n) is 3.47. The Labute approximate surface area is 108 Å². The number of aromatic amines is 1. The molecule has 8 heteroatoms. The molecule has 6 nitrogen and oxygen atoms in total. The summed E-state index contributed by atoms with van der Waals surface area (Å²) < 4.78 is 30.9. The lowest BCUT2D eigenvalue weighted by atomic mass is 10.4. The molecular formula is C10H9ClN2O4S. The molecule has 18 heavy (non-hydrogen) atoms. The van der Waals surface area contributed by atoms with E-state index in [0.29, 0.717) is 5.56 Å². The molecule has 2 heterocycles. The quantitative estimate of drug-likeness (QED) is 0.881. The van der Waals surface area contributed by atoms with Crippen molar-refractivity contribution >= 4 is 21.6 Å². The molecule has 2 aromatic rings. The Bertz CT molecular complexity index is 691. The van der Waals surface area contributed by atoms with Gasteiger partial charge in [-0.2, -0.15) is 0 Å². The third-order valence-electron chi connectivity index (χ3n) is 2.19. The zero-order chi connectivity index (χ0) is 13.2. The highest BCUT2D eigenvalue weighted by Crippen LogP contribution is 2.11. The average Bonchev–Trinajstić information content (AvgIpc) is 2.83. The van der Waals surface area contributed by atoms with Gasteiger partial charge in [-0.25, -0.2) is 13.1 Å². The molecular weight excluding hydrogens is 280 g/mol. The van der Waals surface area contributed by atoms with Crippen molar-refractivity contribution in [1.82, 2.24) is 9.71 Å². The molecule has 2 rings (SSSR count). The Morgan fingerprint density at radius 1 is 1.44 bits per heavy atom. The molecule has 0 aliphatic heterocycles. The maximum absolute atomic E-state index is 11.9. The largest absolute Gasteiger partial charge is 0.472 e. The Balaban J connectivity index is 2.20. The summed E-state index contributed by atoms with van der Waals surface area (Å²) in [6.07, 6.45) is 3.97. The van der Waals surface area contributed by atoms with Crippen molar-refractivity contribution in [3.8, 4) is 0 Å². The number of nitrogens with one attached hydrogen (secondary N) is 2. The molecule has 0 bridgehead atoms. The minimum Gasteiger partial charge on any atom is -0.472 e. The SMILES string of the molecule is O=c1[nH]cc(S(=O)(=O)NCc2ccoc2)cc1Cl. The van der Waals surface area contributed by atoms with Gasteiger partial charge >= 0.3 is 0 Å². The minimum absolute atomic E-state index is 0.0928. The number of hydrogen-bond acceptors (Lipinski definition) is 4. The zero-order valence-electron chi connectivity index (χ0n) is 9.01. The molecule has 0 aliphatic carbocycles. The standard InChI is InChI=1S/C10H9ClN2O4S/c11-9-3-8(5-12-10(9)14)18(15,16)13-4-7-1-2-17-6-7/h1-3,5-6,13H,4H2,(H,12,14). The predicted octanol–water partition coefficient (Wildman–Crippen LogP) is 1.10. The molecule has 0 amide bonds.